The number of hydrogen-bond acceptors (Lipinski definition) is 3. The molecule has 1 aromatic carbocycles. The van der Waals surface area contributed by atoms with Crippen LogP contribution in [-0.2, 0) is 16.1 Å². The predicted octanol–water partition coefficient (Wildman–Crippen LogP) is 2.73. The van der Waals surface area contributed by atoms with Gasteiger partial charge in [-0.25, -0.2) is 4.79 Å². The van der Waals surface area contributed by atoms with Gasteiger partial charge in [0.25, 0.3) is 0 Å². The molecule has 0 radical (unpaired) electrons. The zero-order valence-electron chi connectivity index (χ0n) is 11.3. The summed E-state index contributed by atoms with van der Waals surface area (Å²) < 4.78 is 10.6. The number of benzene rings is 1. The van der Waals surface area contributed by atoms with Gasteiger partial charge in [0.05, 0.1) is 6.10 Å². The Kier molecular flexibility index (Phi) is 5.21. The van der Waals surface area contributed by atoms with Gasteiger partial charge in [-0.15, -0.1) is 0 Å². The highest BCUT2D eigenvalue weighted by Crippen LogP contribution is 2.18. The van der Waals surface area contributed by atoms with Crippen molar-refractivity contribution in [2.75, 3.05) is 13.2 Å². The minimum Gasteiger partial charge on any atom is -0.445 e. The summed E-state index contributed by atoms with van der Waals surface area (Å²) in [4.78, 5) is 11.6. The second kappa shape index (κ2) is 7.14. The number of nitrogens with one attached hydrogen (secondary N) is 1. The molecule has 0 spiro atoms. The van der Waals surface area contributed by atoms with Gasteiger partial charge in [0.1, 0.15) is 6.61 Å². The van der Waals surface area contributed by atoms with Gasteiger partial charge in [-0.3, -0.25) is 0 Å². The number of alkyl carbamates (subject to hydrolysis) is 1. The van der Waals surface area contributed by atoms with E-state index in [1.807, 2.05) is 30.3 Å². The van der Waals surface area contributed by atoms with Gasteiger partial charge in [-0.1, -0.05) is 30.3 Å². The van der Waals surface area contributed by atoms with Crippen molar-refractivity contribution in [3.8, 4) is 0 Å². The Balaban J connectivity index is 1.64. The van der Waals surface area contributed by atoms with Crippen molar-refractivity contribution in [2.24, 2.45) is 5.92 Å². The summed E-state index contributed by atoms with van der Waals surface area (Å²) in [7, 11) is 0. The highest BCUT2D eigenvalue weighted by atomic mass is 16.5. The van der Waals surface area contributed by atoms with E-state index in [1.165, 1.54) is 0 Å². The number of ether oxygens (including phenoxy) is 2. The van der Waals surface area contributed by atoms with E-state index in [2.05, 4.69) is 12.2 Å². The average molecular weight is 263 g/mol. The quantitative estimate of drug-likeness (QED) is 0.908. The smallest absolute Gasteiger partial charge is 0.407 e. The van der Waals surface area contributed by atoms with Crippen LogP contribution in [0.1, 0.15) is 25.3 Å². The van der Waals surface area contributed by atoms with Crippen LogP contribution in [0.4, 0.5) is 4.79 Å². The number of carbonyl (C=O) groups excluding carboxylic acids is 1. The van der Waals surface area contributed by atoms with Crippen LogP contribution in [0.25, 0.3) is 0 Å². The van der Waals surface area contributed by atoms with Crippen LogP contribution < -0.4 is 5.32 Å². The maximum absolute atomic E-state index is 11.6. The van der Waals surface area contributed by atoms with E-state index in [0.717, 1.165) is 25.0 Å². The number of amides is 1. The zero-order chi connectivity index (χ0) is 13.5. The summed E-state index contributed by atoms with van der Waals surface area (Å²) in [5.41, 5.74) is 0.998. The molecule has 1 aromatic rings. The van der Waals surface area contributed by atoms with Crippen molar-refractivity contribution in [1.82, 2.24) is 5.32 Å². The van der Waals surface area contributed by atoms with Crippen LogP contribution in [0.3, 0.4) is 0 Å². The average Bonchev–Trinajstić information content (AvgIpc) is 2.44. The Hall–Kier alpha value is -1.55. The minimum atomic E-state index is -0.344. The number of hydrogen-bond donors (Lipinski definition) is 1. The monoisotopic (exact) mass is 263 g/mol. The maximum atomic E-state index is 11.6. The maximum Gasteiger partial charge on any atom is 0.407 e. The Morgan fingerprint density at radius 3 is 2.95 bits per heavy atom. The van der Waals surface area contributed by atoms with Crippen LogP contribution in [0.15, 0.2) is 30.3 Å². The van der Waals surface area contributed by atoms with Crippen LogP contribution in [-0.4, -0.2) is 25.3 Å². The van der Waals surface area contributed by atoms with E-state index in [4.69, 9.17) is 9.47 Å². The van der Waals surface area contributed by atoms with E-state index in [0.29, 0.717) is 25.2 Å². The third kappa shape index (κ3) is 4.91. The third-order valence-corrected chi connectivity index (χ3v) is 3.34. The topological polar surface area (TPSA) is 47.6 Å². The first-order chi connectivity index (χ1) is 9.24. The molecule has 0 aliphatic carbocycles. The molecule has 0 saturated carbocycles. The minimum absolute atomic E-state index is 0.292. The Labute approximate surface area is 114 Å². The Bertz CT molecular complexity index is 394. The predicted molar refractivity (Wildman–Crippen MR) is 72.8 cm³/mol. The summed E-state index contributed by atoms with van der Waals surface area (Å²) in [6.45, 7) is 3.84. The Morgan fingerprint density at radius 2 is 2.21 bits per heavy atom. The largest absolute Gasteiger partial charge is 0.445 e. The molecule has 4 heteroatoms. The van der Waals surface area contributed by atoms with Crippen LogP contribution in [0.2, 0.25) is 0 Å². The van der Waals surface area contributed by atoms with E-state index in [1.54, 1.807) is 0 Å². The molecule has 2 rings (SSSR count). The summed E-state index contributed by atoms with van der Waals surface area (Å²) >= 11 is 0. The van der Waals surface area contributed by atoms with Crippen molar-refractivity contribution >= 4 is 6.09 Å². The highest BCUT2D eigenvalue weighted by molar-refractivity contribution is 5.67. The molecular weight excluding hydrogens is 242 g/mol. The molecular formula is C15H21NO3. The Morgan fingerprint density at radius 1 is 1.42 bits per heavy atom. The normalized spacial score (nSPS) is 22.8. The molecule has 1 aliphatic heterocycles. The zero-order valence-corrected chi connectivity index (χ0v) is 11.3. The summed E-state index contributed by atoms with van der Waals surface area (Å²) in [5.74, 6) is 0.494. The first kappa shape index (κ1) is 13.9. The van der Waals surface area contributed by atoms with Gasteiger partial charge in [0.15, 0.2) is 0 Å². The third-order valence-electron chi connectivity index (χ3n) is 3.34. The lowest BCUT2D eigenvalue weighted by atomic mass is 9.96. The SMILES string of the molecule is CC1CC(CNC(=O)OCc2ccccc2)CCO1. The van der Waals surface area contributed by atoms with Crippen LogP contribution >= 0.6 is 0 Å². The van der Waals surface area contributed by atoms with E-state index in [9.17, 15) is 4.79 Å². The standard InChI is InChI=1S/C15H21NO3/c1-12-9-14(7-8-18-12)10-16-15(17)19-11-13-5-3-2-4-6-13/h2-6,12,14H,7-11H2,1H3,(H,16,17). The van der Waals surface area contributed by atoms with E-state index < -0.39 is 0 Å². The van der Waals surface area contributed by atoms with E-state index >= 15 is 0 Å². The van der Waals surface area contributed by atoms with Crippen LogP contribution in [0, 0.1) is 5.92 Å². The molecule has 1 N–H and O–H groups in total. The molecule has 4 nitrogen and oxygen atoms in total. The fourth-order valence-corrected chi connectivity index (χ4v) is 2.28. The molecule has 0 aromatic heterocycles. The van der Waals surface area contributed by atoms with Crippen molar-refractivity contribution in [3.63, 3.8) is 0 Å². The van der Waals surface area contributed by atoms with Gasteiger partial charge in [-0.05, 0) is 31.2 Å². The molecule has 1 aliphatic rings. The fraction of sp³-hybridized carbons (Fsp3) is 0.533. The summed E-state index contributed by atoms with van der Waals surface area (Å²) in [6.07, 6.45) is 1.95. The molecule has 1 fully saturated rings. The lowest BCUT2D eigenvalue weighted by Crippen LogP contribution is -2.34. The van der Waals surface area contributed by atoms with Crippen molar-refractivity contribution in [2.45, 2.75) is 32.5 Å². The van der Waals surface area contributed by atoms with Gasteiger partial charge in [0, 0.05) is 13.2 Å². The molecule has 2 atom stereocenters. The lowest BCUT2D eigenvalue weighted by molar-refractivity contribution is 0.00275. The molecule has 1 heterocycles. The van der Waals surface area contributed by atoms with Crippen molar-refractivity contribution < 1.29 is 14.3 Å². The second-order valence-electron chi connectivity index (χ2n) is 5.01. The lowest BCUT2D eigenvalue weighted by Gasteiger charge is -2.27. The molecule has 1 amide bonds. The number of rotatable bonds is 4. The fourth-order valence-electron chi connectivity index (χ4n) is 2.28. The van der Waals surface area contributed by atoms with Crippen molar-refractivity contribution in [3.05, 3.63) is 35.9 Å². The summed E-state index contributed by atoms with van der Waals surface area (Å²) in [6, 6.07) is 9.68. The summed E-state index contributed by atoms with van der Waals surface area (Å²) in [5, 5.41) is 2.83. The highest BCUT2D eigenvalue weighted by Gasteiger charge is 2.19. The number of carbonyl (C=O) groups is 1. The molecule has 19 heavy (non-hydrogen) atoms. The van der Waals surface area contributed by atoms with Crippen LogP contribution in [0.5, 0.6) is 0 Å². The molecule has 104 valence electrons. The molecule has 0 bridgehead atoms. The van der Waals surface area contributed by atoms with E-state index in [-0.39, 0.29) is 6.09 Å². The first-order valence-electron chi connectivity index (χ1n) is 6.80. The van der Waals surface area contributed by atoms with Crippen molar-refractivity contribution in [1.29, 1.82) is 0 Å². The van der Waals surface area contributed by atoms with Gasteiger partial charge in [0.2, 0.25) is 0 Å². The second-order valence-corrected chi connectivity index (χ2v) is 5.01. The van der Waals surface area contributed by atoms with Gasteiger partial charge < -0.3 is 14.8 Å². The first-order valence-corrected chi connectivity index (χ1v) is 6.80. The van der Waals surface area contributed by atoms with Gasteiger partial charge in [-0.2, -0.15) is 0 Å². The van der Waals surface area contributed by atoms with Gasteiger partial charge >= 0.3 is 6.09 Å². The molecule has 1 saturated heterocycles. The molecule has 2 unspecified atom stereocenters.